The number of primary amides is 1. The van der Waals surface area contributed by atoms with Gasteiger partial charge in [0.25, 0.3) is 0 Å². The minimum absolute atomic E-state index is 0.391. The number of imidazole rings is 1. The van der Waals surface area contributed by atoms with Crippen molar-refractivity contribution in [3.05, 3.63) is 53.6 Å². The van der Waals surface area contributed by atoms with Gasteiger partial charge in [-0.15, -0.1) is 0 Å². The Kier molecular flexibility index (Phi) is 2.72. The van der Waals surface area contributed by atoms with Crippen molar-refractivity contribution in [3.8, 4) is 0 Å². The molecule has 16 heavy (non-hydrogen) atoms. The van der Waals surface area contributed by atoms with Crippen molar-refractivity contribution in [1.29, 1.82) is 0 Å². The number of aryl methyl sites for hydroxylation is 1. The first kappa shape index (κ1) is 10.4. The molecule has 1 amide bonds. The fourth-order valence-corrected chi connectivity index (χ4v) is 1.60. The summed E-state index contributed by atoms with van der Waals surface area (Å²) in [6.07, 6.45) is 5.41. The van der Waals surface area contributed by atoms with Crippen molar-refractivity contribution in [3.63, 3.8) is 0 Å². The highest BCUT2D eigenvalue weighted by Gasteiger charge is 2.04. The van der Waals surface area contributed by atoms with Crippen molar-refractivity contribution < 1.29 is 4.79 Å². The SMILES string of the molecule is Cc1cc(C(N)=O)ccc1Cn1ccnc1. The summed E-state index contributed by atoms with van der Waals surface area (Å²) in [4.78, 5) is 15.0. The largest absolute Gasteiger partial charge is 0.366 e. The first-order valence-electron chi connectivity index (χ1n) is 5.02. The fraction of sp³-hybridized carbons (Fsp3) is 0.167. The molecule has 0 unspecified atom stereocenters. The Bertz CT molecular complexity index is 503. The molecule has 0 saturated carbocycles. The van der Waals surface area contributed by atoms with E-state index in [4.69, 9.17) is 5.73 Å². The maximum absolute atomic E-state index is 11.0. The van der Waals surface area contributed by atoms with Gasteiger partial charge in [-0.2, -0.15) is 0 Å². The van der Waals surface area contributed by atoms with Gasteiger partial charge in [-0.3, -0.25) is 4.79 Å². The van der Waals surface area contributed by atoms with Gasteiger partial charge in [-0.1, -0.05) is 6.07 Å². The van der Waals surface area contributed by atoms with Crippen LogP contribution in [0.3, 0.4) is 0 Å². The normalized spacial score (nSPS) is 10.3. The molecule has 1 aromatic heterocycles. The number of aromatic nitrogens is 2. The topological polar surface area (TPSA) is 60.9 Å². The quantitative estimate of drug-likeness (QED) is 0.839. The zero-order valence-electron chi connectivity index (χ0n) is 9.05. The van der Waals surface area contributed by atoms with Crippen LogP contribution < -0.4 is 5.73 Å². The summed E-state index contributed by atoms with van der Waals surface area (Å²) < 4.78 is 1.98. The second-order valence-electron chi connectivity index (χ2n) is 3.74. The minimum atomic E-state index is -0.391. The molecule has 0 spiro atoms. The Morgan fingerprint density at radius 1 is 1.50 bits per heavy atom. The number of amides is 1. The summed E-state index contributed by atoms with van der Waals surface area (Å²) in [5.41, 5.74) is 7.98. The summed E-state index contributed by atoms with van der Waals surface area (Å²) in [6, 6.07) is 5.49. The lowest BCUT2D eigenvalue weighted by Gasteiger charge is -2.07. The van der Waals surface area contributed by atoms with Gasteiger partial charge in [-0.25, -0.2) is 4.98 Å². The van der Waals surface area contributed by atoms with Gasteiger partial charge in [0.15, 0.2) is 0 Å². The third-order valence-electron chi connectivity index (χ3n) is 2.54. The predicted octanol–water partition coefficient (Wildman–Crippen LogP) is 1.34. The minimum Gasteiger partial charge on any atom is -0.366 e. The van der Waals surface area contributed by atoms with E-state index in [1.165, 1.54) is 0 Å². The van der Waals surface area contributed by atoms with Gasteiger partial charge in [-0.05, 0) is 30.2 Å². The molecule has 4 nitrogen and oxygen atoms in total. The lowest BCUT2D eigenvalue weighted by atomic mass is 10.0. The van der Waals surface area contributed by atoms with Crippen LogP contribution in [0.5, 0.6) is 0 Å². The number of hydrogen-bond donors (Lipinski definition) is 1. The number of carbonyl (C=O) groups is 1. The standard InChI is InChI=1S/C12H13N3O/c1-9-6-10(12(13)16)2-3-11(9)7-15-5-4-14-8-15/h2-6,8H,7H2,1H3,(H2,13,16). The van der Waals surface area contributed by atoms with E-state index in [1.807, 2.05) is 29.8 Å². The molecule has 0 saturated heterocycles. The summed E-state index contributed by atoms with van der Waals surface area (Å²) in [6.45, 7) is 2.73. The highest BCUT2D eigenvalue weighted by molar-refractivity contribution is 5.93. The summed E-state index contributed by atoms with van der Waals surface area (Å²) >= 11 is 0. The first-order chi connectivity index (χ1) is 7.66. The molecule has 82 valence electrons. The van der Waals surface area contributed by atoms with Gasteiger partial charge in [0.2, 0.25) is 5.91 Å². The molecule has 0 bridgehead atoms. The average Bonchev–Trinajstić information content (AvgIpc) is 2.73. The molecule has 4 heteroatoms. The molecule has 0 atom stereocenters. The zero-order chi connectivity index (χ0) is 11.5. The highest BCUT2D eigenvalue weighted by atomic mass is 16.1. The second kappa shape index (κ2) is 4.18. The van der Waals surface area contributed by atoms with Crippen LogP contribution in [0.25, 0.3) is 0 Å². The number of hydrogen-bond acceptors (Lipinski definition) is 2. The number of carbonyl (C=O) groups excluding carboxylic acids is 1. The molecule has 0 aliphatic rings. The Morgan fingerprint density at radius 2 is 2.31 bits per heavy atom. The molecule has 2 aromatic rings. The average molecular weight is 215 g/mol. The summed E-state index contributed by atoms with van der Waals surface area (Å²) in [5.74, 6) is -0.391. The number of benzene rings is 1. The van der Waals surface area contributed by atoms with Crippen LogP contribution in [0.1, 0.15) is 21.5 Å². The Balaban J connectivity index is 2.26. The number of nitrogens with two attached hydrogens (primary N) is 1. The summed E-state index contributed by atoms with van der Waals surface area (Å²) in [7, 11) is 0. The third kappa shape index (κ3) is 2.11. The Labute approximate surface area is 93.7 Å². The third-order valence-corrected chi connectivity index (χ3v) is 2.54. The van der Waals surface area contributed by atoms with Crippen molar-refractivity contribution in [2.45, 2.75) is 13.5 Å². The van der Waals surface area contributed by atoms with Crippen molar-refractivity contribution >= 4 is 5.91 Å². The van der Waals surface area contributed by atoms with Gasteiger partial charge >= 0.3 is 0 Å². The van der Waals surface area contributed by atoms with Crippen LogP contribution in [-0.4, -0.2) is 15.5 Å². The molecule has 0 radical (unpaired) electrons. The van der Waals surface area contributed by atoms with Gasteiger partial charge in [0, 0.05) is 24.5 Å². The molecule has 1 aromatic carbocycles. The van der Waals surface area contributed by atoms with Crippen LogP contribution in [0.15, 0.2) is 36.9 Å². The lowest BCUT2D eigenvalue weighted by molar-refractivity contribution is 0.1000. The Hall–Kier alpha value is -2.10. The molecule has 2 N–H and O–H groups in total. The van der Waals surface area contributed by atoms with E-state index >= 15 is 0 Å². The molecule has 0 aliphatic carbocycles. The van der Waals surface area contributed by atoms with Crippen LogP contribution in [0.2, 0.25) is 0 Å². The van der Waals surface area contributed by atoms with Crippen LogP contribution in [0.4, 0.5) is 0 Å². The van der Waals surface area contributed by atoms with E-state index in [9.17, 15) is 4.79 Å². The second-order valence-corrected chi connectivity index (χ2v) is 3.74. The van der Waals surface area contributed by atoms with Crippen LogP contribution in [-0.2, 0) is 6.54 Å². The maximum atomic E-state index is 11.0. The van der Waals surface area contributed by atoms with E-state index in [-0.39, 0.29) is 0 Å². The van der Waals surface area contributed by atoms with Crippen molar-refractivity contribution in [2.24, 2.45) is 5.73 Å². The summed E-state index contributed by atoms with van der Waals surface area (Å²) in [5, 5.41) is 0. The van der Waals surface area contributed by atoms with Gasteiger partial charge in [0.1, 0.15) is 0 Å². The highest BCUT2D eigenvalue weighted by Crippen LogP contribution is 2.12. The van der Waals surface area contributed by atoms with Crippen LogP contribution in [0, 0.1) is 6.92 Å². The molecule has 1 heterocycles. The van der Waals surface area contributed by atoms with Crippen molar-refractivity contribution in [2.75, 3.05) is 0 Å². The van der Waals surface area contributed by atoms with Gasteiger partial charge < -0.3 is 10.3 Å². The van der Waals surface area contributed by atoms with E-state index < -0.39 is 5.91 Å². The van der Waals surface area contributed by atoms with Crippen molar-refractivity contribution in [1.82, 2.24) is 9.55 Å². The Morgan fingerprint density at radius 3 is 2.88 bits per heavy atom. The predicted molar refractivity (Wildman–Crippen MR) is 61.0 cm³/mol. The fourth-order valence-electron chi connectivity index (χ4n) is 1.60. The molecule has 2 rings (SSSR count). The molecule has 0 aliphatic heterocycles. The van der Waals surface area contributed by atoms with E-state index in [0.29, 0.717) is 5.56 Å². The maximum Gasteiger partial charge on any atom is 0.248 e. The monoisotopic (exact) mass is 215 g/mol. The molecule has 0 fully saturated rings. The van der Waals surface area contributed by atoms with E-state index in [2.05, 4.69) is 4.98 Å². The molecular formula is C12H13N3O. The smallest absolute Gasteiger partial charge is 0.248 e. The molecular weight excluding hydrogens is 202 g/mol. The van der Waals surface area contributed by atoms with E-state index in [0.717, 1.165) is 17.7 Å². The zero-order valence-corrected chi connectivity index (χ0v) is 9.05. The van der Waals surface area contributed by atoms with Crippen LogP contribution >= 0.6 is 0 Å². The lowest BCUT2D eigenvalue weighted by Crippen LogP contribution is -2.11. The first-order valence-corrected chi connectivity index (χ1v) is 5.02. The number of rotatable bonds is 3. The number of nitrogens with zero attached hydrogens (tertiary/aromatic N) is 2. The van der Waals surface area contributed by atoms with E-state index in [1.54, 1.807) is 18.6 Å². The van der Waals surface area contributed by atoms with Gasteiger partial charge in [0.05, 0.1) is 6.33 Å².